The number of H-pyrrole nitrogens is 2. The number of aromatic nitrogens is 4. The number of hydrogen-bond acceptors (Lipinski definition) is 3. The number of aryl methyl sites for hydroxylation is 1. The third kappa shape index (κ3) is 2.82. The summed E-state index contributed by atoms with van der Waals surface area (Å²) in [6.45, 7) is 0. The summed E-state index contributed by atoms with van der Waals surface area (Å²) in [4.78, 5) is 12.4. The lowest BCUT2D eigenvalue weighted by atomic mass is 9.95. The maximum absolute atomic E-state index is 12.4. The molecule has 3 aromatic rings. The molecule has 1 aromatic carbocycles. The van der Waals surface area contributed by atoms with Gasteiger partial charge in [-0.05, 0) is 36.8 Å². The number of benzene rings is 1. The molecule has 3 N–H and O–H groups in total. The number of fused-ring (bicyclic) bond motifs is 1. The molecule has 0 bridgehead atoms. The Morgan fingerprint density at radius 1 is 1.12 bits per heavy atom. The van der Waals surface area contributed by atoms with E-state index in [1.807, 2.05) is 30.3 Å². The first kappa shape index (κ1) is 14.7. The summed E-state index contributed by atoms with van der Waals surface area (Å²) in [6.07, 6.45) is 6.39. The Balaban J connectivity index is 1.50. The Morgan fingerprint density at radius 3 is 2.83 bits per heavy atom. The van der Waals surface area contributed by atoms with E-state index >= 15 is 0 Å². The van der Waals surface area contributed by atoms with Crippen molar-refractivity contribution in [2.24, 2.45) is 0 Å². The Kier molecular flexibility index (Phi) is 3.86. The standard InChI is InChI=1S/C18H19N5O/c24-17(10-16-13-8-4-5-9-15(13)21-22-16)20-18-14(11-19-23-18)12-6-2-1-3-7-12/h1-3,6-7,11H,4-5,8-10H2,(H,21,22)(H2,19,20,23,24). The second kappa shape index (κ2) is 6.31. The van der Waals surface area contributed by atoms with Crippen molar-refractivity contribution in [2.75, 3.05) is 5.32 Å². The number of hydrogen-bond donors (Lipinski definition) is 3. The molecule has 0 saturated carbocycles. The first-order valence-electron chi connectivity index (χ1n) is 8.25. The topological polar surface area (TPSA) is 86.5 Å². The average molecular weight is 321 g/mol. The molecular weight excluding hydrogens is 302 g/mol. The third-order valence-electron chi connectivity index (χ3n) is 4.46. The van der Waals surface area contributed by atoms with Crippen molar-refractivity contribution in [3.05, 3.63) is 53.5 Å². The van der Waals surface area contributed by atoms with E-state index in [2.05, 4.69) is 25.7 Å². The van der Waals surface area contributed by atoms with Crippen LogP contribution in [0.1, 0.15) is 29.8 Å². The first-order chi connectivity index (χ1) is 11.8. The van der Waals surface area contributed by atoms with Crippen LogP contribution >= 0.6 is 0 Å². The molecule has 6 heteroatoms. The molecule has 1 amide bonds. The first-order valence-corrected chi connectivity index (χ1v) is 8.25. The van der Waals surface area contributed by atoms with Gasteiger partial charge in [0.15, 0.2) is 0 Å². The highest BCUT2D eigenvalue weighted by molar-refractivity contribution is 5.95. The van der Waals surface area contributed by atoms with Crippen molar-refractivity contribution in [3.8, 4) is 11.1 Å². The Hall–Kier alpha value is -2.89. The second-order valence-electron chi connectivity index (χ2n) is 6.08. The van der Waals surface area contributed by atoms with Gasteiger partial charge in [-0.25, -0.2) is 0 Å². The maximum Gasteiger partial charge on any atom is 0.231 e. The lowest BCUT2D eigenvalue weighted by molar-refractivity contribution is -0.115. The summed E-state index contributed by atoms with van der Waals surface area (Å²) in [5.41, 5.74) is 5.18. The molecular formula is C18H19N5O. The van der Waals surface area contributed by atoms with Crippen molar-refractivity contribution in [2.45, 2.75) is 32.1 Å². The number of carbonyl (C=O) groups excluding carboxylic acids is 1. The van der Waals surface area contributed by atoms with E-state index < -0.39 is 0 Å². The second-order valence-corrected chi connectivity index (χ2v) is 6.08. The van der Waals surface area contributed by atoms with E-state index in [-0.39, 0.29) is 12.3 Å². The van der Waals surface area contributed by atoms with Gasteiger partial charge in [-0.1, -0.05) is 30.3 Å². The quantitative estimate of drug-likeness (QED) is 0.690. The SMILES string of the molecule is O=C(Cc1n[nH]c2c1CCCC2)Nc1[nH]ncc1-c1ccccc1. The van der Waals surface area contributed by atoms with Gasteiger partial charge in [-0.15, -0.1) is 0 Å². The molecule has 2 aromatic heterocycles. The molecule has 0 unspecified atom stereocenters. The minimum atomic E-state index is -0.0868. The monoisotopic (exact) mass is 321 g/mol. The Bertz CT molecular complexity index is 849. The van der Waals surface area contributed by atoms with Crippen LogP contribution in [0.4, 0.5) is 5.82 Å². The zero-order valence-electron chi connectivity index (χ0n) is 13.3. The lowest BCUT2D eigenvalue weighted by Crippen LogP contribution is -2.16. The minimum Gasteiger partial charge on any atom is -0.310 e. The molecule has 24 heavy (non-hydrogen) atoms. The van der Waals surface area contributed by atoms with Gasteiger partial charge in [0.2, 0.25) is 5.91 Å². The van der Waals surface area contributed by atoms with E-state index in [0.717, 1.165) is 29.7 Å². The normalized spacial score (nSPS) is 13.5. The Labute approximate surface area is 139 Å². The zero-order valence-corrected chi connectivity index (χ0v) is 13.3. The molecule has 6 nitrogen and oxygen atoms in total. The largest absolute Gasteiger partial charge is 0.310 e. The molecule has 4 rings (SSSR count). The van der Waals surface area contributed by atoms with E-state index in [1.165, 1.54) is 24.1 Å². The van der Waals surface area contributed by atoms with Crippen LogP contribution in [0.3, 0.4) is 0 Å². The van der Waals surface area contributed by atoms with Gasteiger partial charge in [-0.2, -0.15) is 10.2 Å². The van der Waals surface area contributed by atoms with Crippen molar-refractivity contribution < 1.29 is 4.79 Å². The summed E-state index contributed by atoms with van der Waals surface area (Å²) < 4.78 is 0. The number of nitrogens with zero attached hydrogens (tertiary/aromatic N) is 2. The van der Waals surface area contributed by atoms with Crippen LogP contribution in [0.5, 0.6) is 0 Å². The van der Waals surface area contributed by atoms with Crippen molar-refractivity contribution in [1.82, 2.24) is 20.4 Å². The number of carbonyl (C=O) groups is 1. The van der Waals surface area contributed by atoms with Crippen LogP contribution in [0, 0.1) is 0 Å². The van der Waals surface area contributed by atoms with Crippen molar-refractivity contribution in [1.29, 1.82) is 0 Å². The summed E-state index contributed by atoms with van der Waals surface area (Å²) in [6, 6.07) is 9.87. The zero-order chi connectivity index (χ0) is 16.4. The lowest BCUT2D eigenvalue weighted by Gasteiger charge is -2.11. The van der Waals surface area contributed by atoms with E-state index in [9.17, 15) is 4.79 Å². The van der Waals surface area contributed by atoms with Crippen molar-refractivity contribution in [3.63, 3.8) is 0 Å². The van der Waals surface area contributed by atoms with Crippen LogP contribution in [-0.2, 0) is 24.1 Å². The molecule has 1 aliphatic carbocycles. The highest BCUT2D eigenvalue weighted by Gasteiger charge is 2.19. The fourth-order valence-electron chi connectivity index (χ4n) is 3.25. The van der Waals surface area contributed by atoms with Gasteiger partial charge in [0.05, 0.1) is 18.3 Å². The fourth-order valence-corrected chi connectivity index (χ4v) is 3.25. The molecule has 0 saturated heterocycles. The molecule has 0 aliphatic heterocycles. The molecule has 2 heterocycles. The summed E-state index contributed by atoms with van der Waals surface area (Å²) in [5.74, 6) is 0.534. The summed E-state index contributed by atoms with van der Waals surface area (Å²) in [7, 11) is 0. The van der Waals surface area contributed by atoms with Crippen LogP contribution in [0.2, 0.25) is 0 Å². The molecule has 0 fully saturated rings. The van der Waals surface area contributed by atoms with Gasteiger partial charge < -0.3 is 5.32 Å². The van der Waals surface area contributed by atoms with Gasteiger partial charge in [0.25, 0.3) is 0 Å². The summed E-state index contributed by atoms with van der Waals surface area (Å²) >= 11 is 0. The van der Waals surface area contributed by atoms with Crippen LogP contribution in [0.25, 0.3) is 11.1 Å². The predicted octanol–water partition coefficient (Wildman–Crippen LogP) is 2.86. The van der Waals surface area contributed by atoms with Gasteiger partial charge in [0.1, 0.15) is 5.82 Å². The van der Waals surface area contributed by atoms with Gasteiger partial charge >= 0.3 is 0 Å². The molecule has 122 valence electrons. The van der Waals surface area contributed by atoms with Crippen LogP contribution in [-0.4, -0.2) is 26.3 Å². The average Bonchev–Trinajstić information content (AvgIpc) is 3.23. The smallest absolute Gasteiger partial charge is 0.231 e. The predicted molar refractivity (Wildman–Crippen MR) is 91.6 cm³/mol. The fraction of sp³-hybridized carbons (Fsp3) is 0.278. The molecule has 0 radical (unpaired) electrons. The number of amides is 1. The number of aromatic amines is 2. The molecule has 0 atom stereocenters. The van der Waals surface area contributed by atoms with Crippen LogP contribution < -0.4 is 5.32 Å². The number of nitrogens with one attached hydrogen (secondary N) is 3. The van der Waals surface area contributed by atoms with E-state index in [0.29, 0.717) is 5.82 Å². The minimum absolute atomic E-state index is 0.0868. The van der Waals surface area contributed by atoms with Gasteiger partial charge in [0, 0.05) is 11.3 Å². The third-order valence-corrected chi connectivity index (χ3v) is 4.46. The van der Waals surface area contributed by atoms with Crippen LogP contribution in [0.15, 0.2) is 36.5 Å². The number of rotatable bonds is 4. The van der Waals surface area contributed by atoms with E-state index in [1.54, 1.807) is 6.20 Å². The molecule has 0 spiro atoms. The van der Waals surface area contributed by atoms with E-state index in [4.69, 9.17) is 0 Å². The highest BCUT2D eigenvalue weighted by atomic mass is 16.1. The van der Waals surface area contributed by atoms with Gasteiger partial charge in [-0.3, -0.25) is 15.0 Å². The van der Waals surface area contributed by atoms with Crippen molar-refractivity contribution >= 4 is 11.7 Å². The Morgan fingerprint density at radius 2 is 1.96 bits per heavy atom. The number of anilines is 1. The highest BCUT2D eigenvalue weighted by Crippen LogP contribution is 2.26. The molecule has 1 aliphatic rings. The summed E-state index contributed by atoms with van der Waals surface area (Å²) in [5, 5.41) is 17.3. The maximum atomic E-state index is 12.4.